The predicted molar refractivity (Wildman–Crippen MR) is 96.9 cm³/mol. The van der Waals surface area contributed by atoms with E-state index < -0.39 is 10.9 Å². The summed E-state index contributed by atoms with van der Waals surface area (Å²) >= 11 is 0. The van der Waals surface area contributed by atoms with Gasteiger partial charge in [0.15, 0.2) is 0 Å². The molecule has 4 rings (SSSR count). The lowest BCUT2D eigenvalue weighted by Crippen LogP contribution is -2.26. The summed E-state index contributed by atoms with van der Waals surface area (Å²) in [6.07, 6.45) is 3.70. The fourth-order valence-corrected chi connectivity index (χ4v) is 4.82. The molecule has 5 nitrogen and oxygen atoms in total. The fourth-order valence-electron chi connectivity index (χ4n) is 4.82. The molecule has 2 aromatic carbocycles. The Morgan fingerprint density at radius 1 is 1.04 bits per heavy atom. The molecule has 2 saturated carbocycles. The van der Waals surface area contributed by atoms with E-state index in [0.717, 1.165) is 0 Å². The normalized spacial score (nSPS) is 26.6. The molecule has 2 aliphatic rings. The van der Waals surface area contributed by atoms with Gasteiger partial charge in [-0.3, -0.25) is 10.1 Å². The second-order valence-corrected chi connectivity index (χ2v) is 7.34. The van der Waals surface area contributed by atoms with Gasteiger partial charge in [0.2, 0.25) is 0 Å². The minimum Gasteiger partial charge on any atom is -0.462 e. The highest BCUT2D eigenvalue weighted by Crippen LogP contribution is 2.56. The molecule has 4 unspecified atom stereocenters. The van der Waals surface area contributed by atoms with E-state index in [-0.39, 0.29) is 5.69 Å². The highest BCUT2D eigenvalue weighted by molar-refractivity contribution is 5.89. The number of nitrogens with zero attached hydrogens (tertiary/aromatic N) is 1. The van der Waals surface area contributed by atoms with Crippen molar-refractivity contribution in [3.8, 4) is 0 Å². The van der Waals surface area contributed by atoms with Crippen molar-refractivity contribution in [3.05, 3.63) is 75.8 Å². The van der Waals surface area contributed by atoms with Crippen LogP contribution in [0, 0.1) is 27.9 Å². The van der Waals surface area contributed by atoms with E-state index in [9.17, 15) is 14.9 Å². The van der Waals surface area contributed by atoms with Crippen LogP contribution < -0.4 is 0 Å². The first kappa shape index (κ1) is 16.8. The van der Waals surface area contributed by atoms with Crippen LogP contribution in [0.5, 0.6) is 0 Å². The number of hydrogen-bond donors (Lipinski definition) is 0. The molecule has 0 aliphatic heterocycles. The van der Waals surface area contributed by atoms with Gasteiger partial charge in [-0.25, -0.2) is 4.79 Å². The minimum atomic E-state index is -0.477. The van der Waals surface area contributed by atoms with Crippen LogP contribution in [0.4, 0.5) is 5.69 Å². The van der Waals surface area contributed by atoms with Crippen LogP contribution in [0.25, 0.3) is 0 Å². The van der Waals surface area contributed by atoms with Gasteiger partial charge in [-0.05, 0) is 54.7 Å². The molecule has 0 spiro atoms. The van der Waals surface area contributed by atoms with Crippen molar-refractivity contribution in [1.29, 1.82) is 0 Å². The largest absolute Gasteiger partial charge is 0.462 e. The number of hydrogen-bond acceptors (Lipinski definition) is 4. The Balaban J connectivity index is 1.44. The maximum Gasteiger partial charge on any atom is 0.338 e. The molecule has 0 amide bonds. The zero-order valence-corrected chi connectivity index (χ0v) is 14.4. The molecule has 2 aromatic rings. The van der Waals surface area contributed by atoms with Crippen molar-refractivity contribution in [3.63, 3.8) is 0 Å². The first-order valence-corrected chi connectivity index (χ1v) is 9.10. The number of nitro benzene ring substituents is 1. The Kier molecular flexibility index (Phi) is 4.45. The lowest BCUT2D eigenvalue weighted by molar-refractivity contribution is -0.384. The minimum absolute atomic E-state index is 0.0289. The molecule has 26 heavy (non-hydrogen) atoms. The standard InChI is InChI=1S/C21H21NO4/c23-21(15-8-10-18(11-9-15)22(24)25)26-13-19-16-6-7-17(12-16)20(19)14-4-2-1-3-5-14/h1-5,8-11,16-17,19-20H,6-7,12-13H2. The van der Waals surface area contributed by atoms with Crippen LogP contribution in [0.2, 0.25) is 0 Å². The SMILES string of the molecule is O=C(OCC1C2CCC(C2)C1c1ccccc1)c1ccc([N+](=O)[O-])cc1. The van der Waals surface area contributed by atoms with Crippen molar-refractivity contribution >= 4 is 11.7 Å². The van der Waals surface area contributed by atoms with Crippen molar-refractivity contribution in [2.24, 2.45) is 17.8 Å². The molecule has 4 atom stereocenters. The monoisotopic (exact) mass is 351 g/mol. The summed E-state index contributed by atoms with van der Waals surface area (Å²) in [6.45, 7) is 0.413. The zero-order chi connectivity index (χ0) is 18.1. The van der Waals surface area contributed by atoms with Gasteiger partial charge in [0.1, 0.15) is 0 Å². The maximum absolute atomic E-state index is 12.3. The maximum atomic E-state index is 12.3. The number of carbonyl (C=O) groups is 1. The average molecular weight is 351 g/mol. The molecule has 134 valence electrons. The van der Waals surface area contributed by atoms with Crippen LogP contribution in [0.3, 0.4) is 0 Å². The first-order valence-electron chi connectivity index (χ1n) is 9.10. The van der Waals surface area contributed by atoms with Crippen molar-refractivity contribution in [1.82, 2.24) is 0 Å². The number of fused-ring (bicyclic) bond motifs is 2. The summed E-state index contributed by atoms with van der Waals surface area (Å²) in [4.78, 5) is 22.6. The first-order chi connectivity index (χ1) is 12.6. The number of carbonyl (C=O) groups excluding carboxylic acids is 1. The van der Waals surface area contributed by atoms with Crippen LogP contribution in [0.15, 0.2) is 54.6 Å². The molecular weight excluding hydrogens is 330 g/mol. The van der Waals surface area contributed by atoms with Crippen molar-refractivity contribution in [2.75, 3.05) is 6.61 Å². The van der Waals surface area contributed by atoms with Gasteiger partial charge in [0.25, 0.3) is 5.69 Å². The summed E-state index contributed by atoms with van der Waals surface area (Å²) in [5.74, 6) is 1.72. The Hall–Kier alpha value is -2.69. The van der Waals surface area contributed by atoms with Gasteiger partial charge in [-0.15, -0.1) is 0 Å². The molecule has 0 saturated heterocycles. The molecule has 0 N–H and O–H groups in total. The molecule has 0 aromatic heterocycles. The number of rotatable bonds is 5. The predicted octanol–water partition coefficient (Wildman–Crippen LogP) is 4.58. The second kappa shape index (κ2) is 6.90. The third-order valence-corrected chi connectivity index (χ3v) is 5.99. The Bertz CT molecular complexity index is 803. The van der Waals surface area contributed by atoms with Crippen molar-refractivity contribution < 1.29 is 14.5 Å². The van der Waals surface area contributed by atoms with E-state index in [0.29, 0.717) is 35.8 Å². The molecule has 2 aliphatic carbocycles. The van der Waals surface area contributed by atoms with E-state index in [2.05, 4.69) is 24.3 Å². The molecule has 5 heteroatoms. The number of nitro groups is 1. The highest BCUT2D eigenvalue weighted by atomic mass is 16.6. The lowest BCUT2D eigenvalue weighted by Gasteiger charge is -2.31. The summed E-state index contributed by atoms with van der Waals surface area (Å²) in [5, 5.41) is 10.7. The topological polar surface area (TPSA) is 69.4 Å². The van der Waals surface area contributed by atoms with Gasteiger partial charge in [0, 0.05) is 18.1 Å². The molecule has 2 bridgehead atoms. The van der Waals surface area contributed by atoms with Gasteiger partial charge in [-0.1, -0.05) is 30.3 Å². The summed E-state index contributed by atoms with van der Waals surface area (Å²) in [7, 11) is 0. The average Bonchev–Trinajstić information content (AvgIpc) is 3.28. The number of esters is 1. The lowest BCUT2D eigenvalue weighted by atomic mass is 9.76. The zero-order valence-electron chi connectivity index (χ0n) is 14.4. The molecule has 0 radical (unpaired) electrons. The van der Waals surface area contributed by atoms with Crippen LogP contribution >= 0.6 is 0 Å². The van der Waals surface area contributed by atoms with E-state index in [4.69, 9.17) is 4.74 Å². The van der Waals surface area contributed by atoms with Gasteiger partial charge in [0.05, 0.1) is 17.1 Å². The summed E-state index contributed by atoms with van der Waals surface area (Å²) in [6, 6.07) is 16.1. The second-order valence-electron chi connectivity index (χ2n) is 7.34. The number of benzene rings is 2. The quantitative estimate of drug-likeness (QED) is 0.449. The van der Waals surface area contributed by atoms with Crippen LogP contribution in [-0.4, -0.2) is 17.5 Å². The molecule has 2 fully saturated rings. The summed E-state index contributed by atoms with van der Waals surface area (Å²) < 4.78 is 5.61. The van der Waals surface area contributed by atoms with E-state index in [1.807, 2.05) is 6.07 Å². The van der Waals surface area contributed by atoms with Crippen LogP contribution in [-0.2, 0) is 4.74 Å². The molecular formula is C21H21NO4. The molecule has 0 heterocycles. The third-order valence-electron chi connectivity index (χ3n) is 5.99. The van der Waals surface area contributed by atoms with Crippen molar-refractivity contribution in [2.45, 2.75) is 25.2 Å². The smallest absolute Gasteiger partial charge is 0.338 e. The Morgan fingerprint density at radius 3 is 2.42 bits per heavy atom. The Labute approximate surface area is 152 Å². The van der Waals surface area contributed by atoms with Gasteiger partial charge >= 0.3 is 5.97 Å². The highest BCUT2D eigenvalue weighted by Gasteiger charge is 2.48. The fraction of sp³-hybridized carbons (Fsp3) is 0.381. The van der Waals surface area contributed by atoms with E-state index in [1.165, 1.54) is 49.1 Å². The number of non-ortho nitro benzene ring substituents is 1. The Morgan fingerprint density at radius 2 is 1.73 bits per heavy atom. The van der Waals surface area contributed by atoms with Gasteiger partial charge < -0.3 is 4.74 Å². The van der Waals surface area contributed by atoms with Gasteiger partial charge in [-0.2, -0.15) is 0 Å². The van der Waals surface area contributed by atoms with E-state index in [1.54, 1.807) is 0 Å². The summed E-state index contributed by atoms with van der Waals surface area (Å²) in [5.41, 5.74) is 1.67. The van der Waals surface area contributed by atoms with E-state index >= 15 is 0 Å². The third kappa shape index (κ3) is 3.09. The number of ether oxygens (including phenoxy) is 1. The van der Waals surface area contributed by atoms with Crippen LogP contribution in [0.1, 0.15) is 41.1 Å².